The second-order valence-electron chi connectivity index (χ2n) is 4.89. The van der Waals surface area contributed by atoms with Gasteiger partial charge in [-0.25, -0.2) is 0 Å². The van der Waals surface area contributed by atoms with Gasteiger partial charge < -0.3 is 10.5 Å². The Hall–Kier alpha value is -0.380. The summed E-state index contributed by atoms with van der Waals surface area (Å²) >= 11 is 1.76. The van der Waals surface area contributed by atoms with Crippen molar-refractivity contribution in [3.8, 4) is 0 Å². The smallest absolute Gasteiger partial charge is 0.107 e. The van der Waals surface area contributed by atoms with Crippen LogP contribution in [0.5, 0.6) is 0 Å². The highest BCUT2D eigenvalue weighted by atomic mass is 32.1. The number of ether oxygens (including phenoxy) is 1. The van der Waals surface area contributed by atoms with Crippen LogP contribution in [0, 0.1) is 6.92 Å². The number of hydrogen-bond donors (Lipinski definition) is 1. The molecule has 0 aliphatic rings. The first-order valence-corrected chi connectivity index (χ1v) is 7.99. The van der Waals surface area contributed by atoms with Crippen LogP contribution in [0.1, 0.15) is 62.5 Å². The molecule has 0 amide bonds. The van der Waals surface area contributed by atoms with Crippen LogP contribution in [0.3, 0.4) is 0 Å². The van der Waals surface area contributed by atoms with Gasteiger partial charge in [-0.15, -0.1) is 11.3 Å². The molecule has 1 rings (SSSR count). The Morgan fingerprint density at radius 3 is 2.61 bits per heavy atom. The molecule has 0 spiro atoms. The van der Waals surface area contributed by atoms with E-state index in [1.165, 1.54) is 29.7 Å². The van der Waals surface area contributed by atoms with E-state index in [0.717, 1.165) is 19.4 Å². The SMILES string of the molecule is CCCCCCOC(c1sccc1C)C(N)CC. The lowest BCUT2D eigenvalue weighted by Crippen LogP contribution is -2.29. The number of hydrogen-bond acceptors (Lipinski definition) is 3. The predicted molar refractivity (Wildman–Crippen MR) is 80.2 cm³/mol. The molecule has 2 nitrogen and oxygen atoms in total. The van der Waals surface area contributed by atoms with Gasteiger partial charge in [0.2, 0.25) is 0 Å². The van der Waals surface area contributed by atoms with E-state index < -0.39 is 0 Å². The quantitative estimate of drug-likeness (QED) is 0.673. The third kappa shape index (κ3) is 4.71. The lowest BCUT2D eigenvalue weighted by molar-refractivity contribution is 0.0331. The topological polar surface area (TPSA) is 35.2 Å². The van der Waals surface area contributed by atoms with E-state index in [1.807, 2.05) is 0 Å². The molecule has 2 atom stereocenters. The predicted octanol–water partition coefficient (Wildman–Crippen LogP) is 4.43. The summed E-state index contributed by atoms with van der Waals surface area (Å²) in [5.74, 6) is 0. The molecular weight excluding hydrogens is 242 g/mol. The zero-order chi connectivity index (χ0) is 13.4. The molecular formula is C15H27NOS. The number of unbranched alkanes of at least 4 members (excludes halogenated alkanes) is 3. The van der Waals surface area contributed by atoms with E-state index >= 15 is 0 Å². The maximum Gasteiger partial charge on any atom is 0.107 e. The Bertz CT molecular complexity index is 324. The molecule has 0 aliphatic heterocycles. The van der Waals surface area contributed by atoms with Crippen LogP contribution in [-0.2, 0) is 4.74 Å². The van der Waals surface area contributed by atoms with E-state index in [0.29, 0.717) is 0 Å². The van der Waals surface area contributed by atoms with Crippen molar-refractivity contribution in [2.75, 3.05) is 6.61 Å². The molecule has 1 heterocycles. The van der Waals surface area contributed by atoms with Crippen molar-refractivity contribution in [3.63, 3.8) is 0 Å². The van der Waals surface area contributed by atoms with E-state index in [-0.39, 0.29) is 12.1 Å². The van der Waals surface area contributed by atoms with Crippen LogP contribution in [0.25, 0.3) is 0 Å². The van der Waals surface area contributed by atoms with E-state index in [2.05, 4.69) is 32.2 Å². The minimum absolute atomic E-state index is 0.0802. The van der Waals surface area contributed by atoms with Crippen LogP contribution >= 0.6 is 11.3 Å². The van der Waals surface area contributed by atoms with Crippen LogP contribution in [0.4, 0.5) is 0 Å². The summed E-state index contributed by atoms with van der Waals surface area (Å²) in [6, 6.07) is 2.25. The molecule has 3 heteroatoms. The van der Waals surface area contributed by atoms with Gasteiger partial charge in [-0.05, 0) is 36.8 Å². The summed E-state index contributed by atoms with van der Waals surface area (Å²) in [6.45, 7) is 7.32. The first kappa shape index (κ1) is 15.7. The van der Waals surface area contributed by atoms with Crippen molar-refractivity contribution in [2.24, 2.45) is 5.73 Å². The fourth-order valence-electron chi connectivity index (χ4n) is 2.02. The summed E-state index contributed by atoms with van der Waals surface area (Å²) in [5.41, 5.74) is 7.51. The standard InChI is InChI=1S/C15H27NOS/c1-4-6-7-8-10-17-14(13(16)5-2)15-12(3)9-11-18-15/h9,11,13-14H,4-8,10,16H2,1-3H3. The van der Waals surface area contributed by atoms with Crippen molar-refractivity contribution < 1.29 is 4.74 Å². The lowest BCUT2D eigenvalue weighted by atomic mass is 10.1. The molecule has 0 saturated carbocycles. The molecule has 2 unspecified atom stereocenters. The van der Waals surface area contributed by atoms with Crippen molar-refractivity contribution in [3.05, 3.63) is 21.9 Å². The number of rotatable bonds is 9. The molecule has 1 aromatic heterocycles. The minimum atomic E-state index is 0.0802. The van der Waals surface area contributed by atoms with Gasteiger partial charge in [0.1, 0.15) is 6.10 Å². The summed E-state index contributed by atoms with van der Waals surface area (Å²) in [5, 5.41) is 2.13. The molecule has 1 aromatic rings. The molecule has 0 radical (unpaired) electrons. The first-order chi connectivity index (χ1) is 8.70. The van der Waals surface area contributed by atoms with Crippen molar-refractivity contribution >= 4 is 11.3 Å². The van der Waals surface area contributed by atoms with E-state index in [9.17, 15) is 0 Å². The van der Waals surface area contributed by atoms with Gasteiger partial charge in [-0.1, -0.05) is 33.1 Å². The molecule has 2 N–H and O–H groups in total. The molecule has 0 bridgehead atoms. The molecule has 0 aromatic carbocycles. The van der Waals surface area contributed by atoms with E-state index in [4.69, 9.17) is 10.5 Å². The second-order valence-corrected chi connectivity index (χ2v) is 5.84. The third-order valence-corrected chi connectivity index (χ3v) is 4.40. The summed E-state index contributed by atoms with van der Waals surface area (Å²) in [6.07, 6.45) is 6.00. The van der Waals surface area contributed by atoms with Crippen LogP contribution < -0.4 is 5.73 Å². The largest absolute Gasteiger partial charge is 0.371 e. The summed E-state index contributed by atoms with van der Waals surface area (Å²) in [7, 11) is 0. The molecule has 0 fully saturated rings. The first-order valence-electron chi connectivity index (χ1n) is 7.11. The van der Waals surface area contributed by atoms with Gasteiger partial charge >= 0.3 is 0 Å². The Morgan fingerprint density at radius 2 is 2.06 bits per heavy atom. The monoisotopic (exact) mass is 269 g/mol. The Morgan fingerprint density at radius 1 is 1.28 bits per heavy atom. The molecule has 0 saturated heterocycles. The average Bonchev–Trinajstić information content (AvgIpc) is 2.79. The van der Waals surface area contributed by atoms with Gasteiger partial charge in [0.05, 0.1) is 0 Å². The van der Waals surface area contributed by atoms with Crippen LogP contribution in [0.15, 0.2) is 11.4 Å². The number of aryl methyl sites for hydroxylation is 1. The zero-order valence-electron chi connectivity index (χ0n) is 11.9. The highest BCUT2D eigenvalue weighted by Crippen LogP contribution is 2.30. The third-order valence-electron chi connectivity index (χ3n) is 3.32. The Kier molecular flexibility index (Phi) is 7.56. The highest BCUT2D eigenvalue weighted by Gasteiger charge is 2.21. The summed E-state index contributed by atoms with van der Waals surface area (Å²) in [4.78, 5) is 1.31. The van der Waals surface area contributed by atoms with Crippen LogP contribution in [-0.4, -0.2) is 12.6 Å². The van der Waals surface area contributed by atoms with Gasteiger partial charge in [0.15, 0.2) is 0 Å². The van der Waals surface area contributed by atoms with Crippen molar-refractivity contribution in [1.82, 2.24) is 0 Å². The Labute approximate surface area is 116 Å². The molecule has 0 aliphatic carbocycles. The zero-order valence-corrected chi connectivity index (χ0v) is 12.8. The number of nitrogens with two attached hydrogens (primary N) is 1. The second kappa shape index (κ2) is 8.68. The van der Waals surface area contributed by atoms with Gasteiger partial charge in [0.25, 0.3) is 0 Å². The van der Waals surface area contributed by atoms with Crippen molar-refractivity contribution in [2.45, 2.75) is 65.0 Å². The van der Waals surface area contributed by atoms with Gasteiger partial charge in [-0.3, -0.25) is 0 Å². The Balaban J connectivity index is 2.50. The molecule has 104 valence electrons. The minimum Gasteiger partial charge on any atom is -0.371 e. The summed E-state index contributed by atoms with van der Waals surface area (Å²) < 4.78 is 6.05. The molecule has 18 heavy (non-hydrogen) atoms. The van der Waals surface area contributed by atoms with Gasteiger partial charge in [0, 0.05) is 17.5 Å². The average molecular weight is 269 g/mol. The van der Waals surface area contributed by atoms with Gasteiger partial charge in [-0.2, -0.15) is 0 Å². The maximum atomic E-state index is 6.20. The normalized spacial score (nSPS) is 14.7. The van der Waals surface area contributed by atoms with Crippen LogP contribution in [0.2, 0.25) is 0 Å². The lowest BCUT2D eigenvalue weighted by Gasteiger charge is -2.23. The fraction of sp³-hybridized carbons (Fsp3) is 0.733. The van der Waals surface area contributed by atoms with Crippen molar-refractivity contribution in [1.29, 1.82) is 0 Å². The maximum absolute atomic E-state index is 6.20. The van der Waals surface area contributed by atoms with E-state index in [1.54, 1.807) is 11.3 Å². The highest BCUT2D eigenvalue weighted by molar-refractivity contribution is 7.10. The fourth-order valence-corrected chi connectivity index (χ4v) is 3.07. The number of thiophene rings is 1.